The SMILES string of the molecule is COc1ccc(C(=O)Nc2nc3nc(C)cc(C)c3s2)cc1OC. The molecule has 24 heavy (non-hydrogen) atoms. The molecule has 0 spiro atoms. The second kappa shape index (κ2) is 6.45. The van der Waals surface area contributed by atoms with E-state index in [-0.39, 0.29) is 5.91 Å². The number of aryl methyl sites for hydroxylation is 2. The summed E-state index contributed by atoms with van der Waals surface area (Å²) in [6, 6.07) is 7.01. The van der Waals surface area contributed by atoms with E-state index in [1.807, 2.05) is 19.9 Å². The lowest BCUT2D eigenvalue weighted by atomic mass is 10.2. The van der Waals surface area contributed by atoms with E-state index < -0.39 is 0 Å². The molecule has 0 saturated heterocycles. The second-order valence-electron chi connectivity index (χ2n) is 5.28. The number of thiazole rings is 1. The average molecular weight is 343 g/mol. The van der Waals surface area contributed by atoms with E-state index in [1.165, 1.54) is 18.4 Å². The van der Waals surface area contributed by atoms with E-state index in [4.69, 9.17) is 9.47 Å². The number of hydrogen-bond acceptors (Lipinski definition) is 6. The van der Waals surface area contributed by atoms with Gasteiger partial charge < -0.3 is 9.47 Å². The first-order chi connectivity index (χ1) is 11.5. The molecule has 2 aromatic heterocycles. The van der Waals surface area contributed by atoms with Crippen LogP contribution in [-0.4, -0.2) is 30.1 Å². The van der Waals surface area contributed by atoms with Crippen LogP contribution < -0.4 is 14.8 Å². The van der Waals surface area contributed by atoms with Crippen molar-refractivity contribution in [3.8, 4) is 11.5 Å². The fraction of sp³-hybridized carbons (Fsp3) is 0.235. The molecule has 3 rings (SSSR count). The molecule has 0 bridgehead atoms. The van der Waals surface area contributed by atoms with Crippen LogP contribution in [0.25, 0.3) is 10.3 Å². The molecular formula is C17H17N3O3S. The van der Waals surface area contributed by atoms with Crippen LogP contribution in [0.1, 0.15) is 21.6 Å². The third-order valence-electron chi connectivity index (χ3n) is 3.54. The third kappa shape index (κ3) is 3.03. The summed E-state index contributed by atoms with van der Waals surface area (Å²) >= 11 is 1.41. The topological polar surface area (TPSA) is 73.3 Å². The fourth-order valence-electron chi connectivity index (χ4n) is 2.42. The maximum absolute atomic E-state index is 12.4. The number of methoxy groups -OCH3 is 2. The van der Waals surface area contributed by atoms with Gasteiger partial charge in [0.2, 0.25) is 0 Å². The van der Waals surface area contributed by atoms with Crippen LogP contribution in [0.5, 0.6) is 11.5 Å². The minimum atomic E-state index is -0.260. The smallest absolute Gasteiger partial charge is 0.257 e. The predicted molar refractivity (Wildman–Crippen MR) is 94.4 cm³/mol. The van der Waals surface area contributed by atoms with Gasteiger partial charge in [-0.15, -0.1) is 0 Å². The number of rotatable bonds is 4. The largest absolute Gasteiger partial charge is 0.493 e. The second-order valence-corrected chi connectivity index (χ2v) is 6.28. The number of aromatic nitrogens is 2. The molecule has 3 aromatic rings. The van der Waals surface area contributed by atoms with E-state index in [1.54, 1.807) is 25.3 Å². The number of hydrogen-bond donors (Lipinski definition) is 1. The van der Waals surface area contributed by atoms with E-state index in [2.05, 4.69) is 15.3 Å². The Morgan fingerprint density at radius 2 is 1.83 bits per heavy atom. The van der Waals surface area contributed by atoms with Crippen LogP contribution in [-0.2, 0) is 0 Å². The van der Waals surface area contributed by atoms with Gasteiger partial charge in [0.25, 0.3) is 5.91 Å². The predicted octanol–water partition coefficient (Wildman–Crippen LogP) is 3.58. The summed E-state index contributed by atoms with van der Waals surface area (Å²) < 4.78 is 11.4. The quantitative estimate of drug-likeness (QED) is 0.784. The number of carbonyl (C=O) groups is 1. The van der Waals surface area contributed by atoms with Gasteiger partial charge in [0.05, 0.1) is 18.9 Å². The number of ether oxygens (including phenoxy) is 2. The number of nitrogens with one attached hydrogen (secondary N) is 1. The lowest BCUT2D eigenvalue weighted by Gasteiger charge is -2.09. The number of nitrogens with zero attached hydrogens (tertiary/aromatic N) is 2. The molecule has 1 amide bonds. The van der Waals surface area contributed by atoms with Crippen molar-refractivity contribution in [3.63, 3.8) is 0 Å². The van der Waals surface area contributed by atoms with Crippen molar-refractivity contribution in [2.75, 3.05) is 19.5 Å². The summed E-state index contributed by atoms with van der Waals surface area (Å²) in [7, 11) is 3.08. The Bertz CT molecular complexity index is 921. The zero-order chi connectivity index (χ0) is 17.3. The number of benzene rings is 1. The van der Waals surface area contributed by atoms with Gasteiger partial charge in [-0.25, -0.2) is 4.98 Å². The molecule has 0 unspecified atom stereocenters. The zero-order valence-corrected chi connectivity index (χ0v) is 14.7. The van der Waals surface area contributed by atoms with Crippen molar-refractivity contribution in [1.82, 2.24) is 9.97 Å². The third-order valence-corrected chi connectivity index (χ3v) is 4.64. The number of anilines is 1. The molecule has 0 fully saturated rings. The summed E-state index contributed by atoms with van der Waals surface area (Å²) in [6.07, 6.45) is 0. The maximum Gasteiger partial charge on any atom is 0.257 e. The molecular weight excluding hydrogens is 326 g/mol. The van der Waals surface area contributed by atoms with E-state index in [9.17, 15) is 4.79 Å². The Hall–Kier alpha value is -2.67. The van der Waals surface area contributed by atoms with Gasteiger partial charge in [-0.1, -0.05) is 11.3 Å². The molecule has 1 N–H and O–H groups in total. The summed E-state index contributed by atoms with van der Waals surface area (Å²) in [4.78, 5) is 21.2. The molecule has 124 valence electrons. The number of pyridine rings is 1. The van der Waals surface area contributed by atoms with Crippen molar-refractivity contribution in [2.24, 2.45) is 0 Å². The molecule has 0 saturated carbocycles. The monoisotopic (exact) mass is 343 g/mol. The van der Waals surface area contributed by atoms with Gasteiger partial charge >= 0.3 is 0 Å². The molecule has 0 aliphatic carbocycles. The van der Waals surface area contributed by atoms with Crippen LogP contribution >= 0.6 is 11.3 Å². The normalized spacial score (nSPS) is 10.7. The van der Waals surface area contributed by atoms with Crippen LogP contribution in [0.3, 0.4) is 0 Å². The molecule has 2 heterocycles. The van der Waals surface area contributed by atoms with Crippen molar-refractivity contribution >= 4 is 32.7 Å². The molecule has 0 aliphatic rings. The molecule has 1 aromatic carbocycles. The highest BCUT2D eigenvalue weighted by Crippen LogP contribution is 2.30. The van der Waals surface area contributed by atoms with Crippen LogP contribution in [0.15, 0.2) is 24.3 Å². The minimum absolute atomic E-state index is 0.260. The first kappa shape index (κ1) is 16.2. The number of carbonyl (C=O) groups excluding carboxylic acids is 1. The first-order valence-electron chi connectivity index (χ1n) is 7.30. The van der Waals surface area contributed by atoms with Crippen LogP contribution in [0.2, 0.25) is 0 Å². The number of amides is 1. The highest BCUT2D eigenvalue weighted by molar-refractivity contribution is 7.22. The summed E-state index contributed by atoms with van der Waals surface area (Å²) in [5.74, 6) is 0.816. The summed E-state index contributed by atoms with van der Waals surface area (Å²) in [5.41, 5.74) is 3.12. The van der Waals surface area contributed by atoms with Crippen molar-refractivity contribution in [3.05, 3.63) is 41.1 Å². The van der Waals surface area contributed by atoms with Crippen LogP contribution in [0, 0.1) is 13.8 Å². The van der Waals surface area contributed by atoms with E-state index >= 15 is 0 Å². The van der Waals surface area contributed by atoms with Gasteiger partial charge in [0.15, 0.2) is 22.3 Å². The fourth-order valence-corrected chi connectivity index (χ4v) is 3.29. The zero-order valence-electron chi connectivity index (χ0n) is 13.8. The van der Waals surface area contributed by atoms with Gasteiger partial charge in [-0.05, 0) is 43.7 Å². The van der Waals surface area contributed by atoms with Gasteiger partial charge in [-0.2, -0.15) is 4.98 Å². The summed E-state index contributed by atoms with van der Waals surface area (Å²) in [6.45, 7) is 3.93. The lowest BCUT2D eigenvalue weighted by Crippen LogP contribution is -2.11. The summed E-state index contributed by atoms with van der Waals surface area (Å²) in [5, 5.41) is 3.33. The van der Waals surface area contributed by atoms with Gasteiger partial charge in [-0.3, -0.25) is 10.1 Å². The Morgan fingerprint density at radius 1 is 1.08 bits per heavy atom. The van der Waals surface area contributed by atoms with Crippen molar-refractivity contribution < 1.29 is 14.3 Å². The number of fused-ring (bicyclic) bond motifs is 1. The highest BCUT2D eigenvalue weighted by atomic mass is 32.1. The maximum atomic E-state index is 12.4. The van der Waals surface area contributed by atoms with E-state index in [0.29, 0.717) is 27.8 Å². The Morgan fingerprint density at radius 3 is 2.54 bits per heavy atom. The Labute approximate surface area is 143 Å². The van der Waals surface area contributed by atoms with Gasteiger partial charge in [0, 0.05) is 11.3 Å². The highest BCUT2D eigenvalue weighted by Gasteiger charge is 2.14. The average Bonchev–Trinajstić information content (AvgIpc) is 2.96. The molecule has 0 atom stereocenters. The Balaban J connectivity index is 1.88. The van der Waals surface area contributed by atoms with Gasteiger partial charge in [0.1, 0.15) is 0 Å². The molecule has 7 heteroatoms. The van der Waals surface area contributed by atoms with E-state index in [0.717, 1.165) is 16.0 Å². The van der Waals surface area contributed by atoms with Crippen molar-refractivity contribution in [2.45, 2.75) is 13.8 Å². The standard InChI is InChI=1S/C17H17N3O3S/c1-9-7-10(2)18-15-14(9)24-17(19-15)20-16(21)11-5-6-12(22-3)13(8-11)23-4/h5-8H,1-4H3,(H,18,19,20,21). The molecule has 0 radical (unpaired) electrons. The van der Waals surface area contributed by atoms with Crippen molar-refractivity contribution in [1.29, 1.82) is 0 Å². The molecule has 6 nitrogen and oxygen atoms in total. The Kier molecular flexibility index (Phi) is 4.35. The van der Waals surface area contributed by atoms with Crippen LogP contribution in [0.4, 0.5) is 5.13 Å². The molecule has 0 aliphatic heterocycles. The lowest BCUT2D eigenvalue weighted by molar-refractivity contribution is 0.102. The minimum Gasteiger partial charge on any atom is -0.493 e. The first-order valence-corrected chi connectivity index (χ1v) is 8.11.